The number of nitrogens with zero attached hydrogens (tertiary/aromatic N) is 2. The largest absolute Gasteiger partial charge is 0.391 e. The first-order valence-corrected chi connectivity index (χ1v) is 8.46. The van der Waals surface area contributed by atoms with Gasteiger partial charge in [0, 0.05) is 38.8 Å². The highest BCUT2D eigenvalue weighted by Gasteiger charge is 2.20. The molecule has 0 saturated carbocycles. The third-order valence-electron chi connectivity index (χ3n) is 4.03. The van der Waals surface area contributed by atoms with Gasteiger partial charge in [0.15, 0.2) is 0 Å². The Labute approximate surface area is 135 Å². The molecule has 1 atom stereocenters. The summed E-state index contributed by atoms with van der Waals surface area (Å²) in [6.07, 6.45) is 2.24. The monoisotopic (exact) mass is 314 g/mol. The normalized spacial score (nSPS) is 18.7. The van der Waals surface area contributed by atoms with Crippen LogP contribution in [0.1, 0.15) is 33.1 Å². The van der Waals surface area contributed by atoms with Gasteiger partial charge in [0.1, 0.15) is 0 Å². The zero-order valence-corrected chi connectivity index (χ0v) is 14.6. The summed E-state index contributed by atoms with van der Waals surface area (Å²) >= 11 is 0. The Kier molecular flexibility index (Phi) is 8.75. The van der Waals surface area contributed by atoms with Crippen molar-refractivity contribution in [2.45, 2.75) is 45.3 Å². The number of amides is 2. The lowest BCUT2D eigenvalue weighted by molar-refractivity contribution is 0.145. The van der Waals surface area contributed by atoms with Crippen molar-refractivity contribution in [3.63, 3.8) is 0 Å². The molecule has 0 aromatic carbocycles. The summed E-state index contributed by atoms with van der Waals surface area (Å²) in [7, 11) is 4.18. The number of carbonyl (C=O) groups excluding carboxylic acids is 1. The van der Waals surface area contributed by atoms with Crippen LogP contribution < -0.4 is 10.6 Å². The van der Waals surface area contributed by atoms with Gasteiger partial charge < -0.3 is 25.5 Å². The number of carbonyl (C=O) groups is 1. The Hall–Kier alpha value is -0.850. The summed E-state index contributed by atoms with van der Waals surface area (Å²) in [5.74, 6) is 0.436. The van der Waals surface area contributed by atoms with Gasteiger partial charge in [-0.05, 0) is 39.3 Å². The van der Waals surface area contributed by atoms with Crippen LogP contribution in [-0.2, 0) is 0 Å². The molecule has 0 radical (unpaired) electrons. The topological polar surface area (TPSA) is 67.8 Å². The van der Waals surface area contributed by atoms with Crippen molar-refractivity contribution in [3.05, 3.63) is 0 Å². The number of hydrogen-bond acceptors (Lipinski definition) is 4. The maximum Gasteiger partial charge on any atom is 0.315 e. The summed E-state index contributed by atoms with van der Waals surface area (Å²) < 4.78 is 0. The number of nitrogens with one attached hydrogen (secondary N) is 2. The van der Waals surface area contributed by atoms with Crippen LogP contribution in [0.3, 0.4) is 0 Å². The minimum atomic E-state index is -0.460. The highest BCUT2D eigenvalue weighted by molar-refractivity contribution is 5.74. The molecule has 0 spiro atoms. The molecule has 1 saturated heterocycles. The molecule has 6 nitrogen and oxygen atoms in total. The first-order chi connectivity index (χ1) is 10.4. The van der Waals surface area contributed by atoms with Gasteiger partial charge >= 0.3 is 6.03 Å². The molecule has 22 heavy (non-hydrogen) atoms. The van der Waals surface area contributed by atoms with E-state index in [1.165, 1.54) is 0 Å². The van der Waals surface area contributed by atoms with Gasteiger partial charge in [-0.15, -0.1) is 0 Å². The molecule has 0 aliphatic carbocycles. The van der Waals surface area contributed by atoms with Gasteiger partial charge in [-0.25, -0.2) is 4.79 Å². The predicted molar refractivity (Wildman–Crippen MR) is 90.0 cm³/mol. The molecule has 1 rings (SSSR count). The van der Waals surface area contributed by atoms with Gasteiger partial charge in [0.05, 0.1) is 6.10 Å². The van der Waals surface area contributed by atoms with Crippen LogP contribution in [-0.4, -0.2) is 79.9 Å². The second-order valence-electron chi connectivity index (χ2n) is 7.06. The van der Waals surface area contributed by atoms with Gasteiger partial charge in [-0.3, -0.25) is 0 Å². The second kappa shape index (κ2) is 10.0. The molecule has 1 fully saturated rings. The second-order valence-corrected chi connectivity index (χ2v) is 7.06. The lowest BCUT2D eigenvalue weighted by Crippen LogP contribution is -2.49. The van der Waals surface area contributed by atoms with E-state index in [4.69, 9.17) is 0 Å². The Bertz CT molecular complexity index is 315. The highest BCUT2D eigenvalue weighted by atomic mass is 16.3. The van der Waals surface area contributed by atoms with Crippen LogP contribution in [0.25, 0.3) is 0 Å². The Morgan fingerprint density at radius 2 is 1.95 bits per heavy atom. The van der Waals surface area contributed by atoms with E-state index in [1.54, 1.807) is 0 Å². The number of piperidine rings is 1. The van der Waals surface area contributed by atoms with Crippen LogP contribution >= 0.6 is 0 Å². The zero-order chi connectivity index (χ0) is 16.5. The molecule has 2 amide bonds. The molecule has 6 heteroatoms. The average molecular weight is 314 g/mol. The van der Waals surface area contributed by atoms with Crippen LogP contribution in [0.2, 0.25) is 0 Å². The van der Waals surface area contributed by atoms with Crippen LogP contribution in [0.4, 0.5) is 4.79 Å². The van der Waals surface area contributed by atoms with Crippen molar-refractivity contribution in [2.75, 3.05) is 46.8 Å². The first kappa shape index (κ1) is 19.2. The minimum absolute atomic E-state index is 0.158. The quantitative estimate of drug-likeness (QED) is 0.617. The third kappa shape index (κ3) is 8.56. The number of likely N-dealkylation sites (tertiary alicyclic amines) is 1. The van der Waals surface area contributed by atoms with Crippen molar-refractivity contribution < 1.29 is 9.90 Å². The summed E-state index contributed by atoms with van der Waals surface area (Å²) in [4.78, 5) is 16.5. The zero-order valence-electron chi connectivity index (χ0n) is 14.6. The Balaban J connectivity index is 2.14. The van der Waals surface area contributed by atoms with E-state index in [9.17, 15) is 9.90 Å². The highest BCUT2D eigenvalue weighted by Crippen LogP contribution is 2.10. The fourth-order valence-corrected chi connectivity index (χ4v) is 2.72. The van der Waals surface area contributed by atoms with Gasteiger partial charge in [-0.1, -0.05) is 13.8 Å². The lowest BCUT2D eigenvalue weighted by Gasteiger charge is -2.33. The van der Waals surface area contributed by atoms with Crippen LogP contribution in [0, 0.1) is 5.92 Å². The maximum absolute atomic E-state index is 11.8. The SMILES string of the molecule is CC(C)CC(O)CNC(=O)NC1CCN(CCN(C)C)CC1. The molecule has 1 unspecified atom stereocenters. The van der Waals surface area contributed by atoms with Gasteiger partial charge in [0.25, 0.3) is 0 Å². The van der Waals surface area contributed by atoms with Gasteiger partial charge in [0.2, 0.25) is 0 Å². The van der Waals surface area contributed by atoms with E-state index >= 15 is 0 Å². The van der Waals surface area contributed by atoms with E-state index in [0.29, 0.717) is 18.9 Å². The molecule has 0 bridgehead atoms. The summed E-state index contributed by atoms with van der Waals surface area (Å²) in [6, 6.07) is 0.0902. The summed E-state index contributed by atoms with van der Waals surface area (Å²) in [5, 5.41) is 15.5. The van der Waals surface area contributed by atoms with Crippen molar-refractivity contribution in [3.8, 4) is 0 Å². The third-order valence-corrected chi connectivity index (χ3v) is 4.03. The fraction of sp³-hybridized carbons (Fsp3) is 0.938. The van der Waals surface area contributed by atoms with Crippen LogP contribution in [0.15, 0.2) is 0 Å². The number of urea groups is 1. The van der Waals surface area contributed by atoms with E-state index in [0.717, 1.165) is 39.0 Å². The predicted octanol–water partition coefficient (Wildman–Crippen LogP) is 0.719. The lowest BCUT2D eigenvalue weighted by atomic mass is 10.1. The van der Waals surface area contributed by atoms with Crippen molar-refractivity contribution in [1.29, 1.82) is 0 Å². The van der Waals surface area contributed by atoms with Gasteiger partial charge in [-0.2, -0.15) is 0 Å². The molecule has 0 aromatic heterocycles. The standard InChI is InChI=1S/C16H34N4O2/c1-13(2)11-15(21)12-17-16(22)18-14-5-7-20(8-6-14)10-9-19(3)4/h13-15,21H,5-12H2,1-4H3,(H2,17,18,22). The summed E-state index contributed by atoms with van der Waals surface area (Å²) in [6.45, 7) is 8.69. The van der Waals surface area contributed by atoms with E-state index in [1.807, 2.05) is 0 Å². The fourth-order valence-electron chi connectivity index (χ4n) is 2.72. The molecular weight excluding hydrogens is 280 g/mol. The molecule has 1 aliphatic heterocycles. The van der Waals surface area contributed by atoms with E-state index < -0.39 is 6.10 Å². The first-order valence-electron chi connectivity index (χ1n) is 8.46. The number of aliphatic hydroxyl groups is 1. The number of aliphatic hydroxyl groups excluding tert-OH is 1. The Morgan fingerprint density at radius 3 is 2.50 bits per heavy atom. The molecule has 3 N–H and O–H groups in total. The number of rotatable bonds is 8. The minimum Gasteiger partial charge on any atom is -0.391 e. The van der Waals surface area contributed by atoms with E-state index in [2.05, 4.69) is 48.4 Å². The molecule has 0 aromatic rings. The molecule has 1 heterocycles. The average Bonchev–Trinajstić information content (AvgIpc) is 2.43. The number of likely N-dealkylation sites (N-methyl/N-ethyl adjacent to an activating group) is 1. The van der Waals surface area contributed by atoms with Crippen molar-refractivity contribution in [1.82, 2.24) is 20.4 Å². The maximum atomic E-state index is 11.8. The van der Waals surface area contributed by atoms with Crippen molar-refractivity contribution in [2.24, 2.45) is 5.92 Å². The molecular formula is C16H34N4O2. The van der Waals surface area contributed by atoms with Crippen LogP contribution in [0.5, 0.6) is 0 Å². The molecule has 130 valence electrons. The smallest absolute Gasteiger partial charge is 0.315 e. The number of hydrogen-bond donors (Lipinski definition) is 3. The van der Waals surface area contributed by atoms with E-state index in [-0.39, 0.29) is 12.1 Å². The van der Waals surface area contributed by atoms with Crippen molar-refractivity contribution >= 4 is 6.03 Å². The Morgan fingerprint density at radius 1 is 1.32 bits per heavy atom. The summed E-state index contributed by atoms with van der Waals surface area (Å²) in [5.41, 5.74) is 0. The molecule has 1 aliphatic rings.